The molecule has 130 valence electrons. The van der Waals surface area contributed by atoms with Gasteiger partial charge in [0.05, 0.1) is 13.2 Å². The van der Waals surface area contributed by atoms with E-state index in [1.807, 2.05) is 23.1 Å². The number of fused-ring (bicyclic) bond motifs is 1. The van der Waals surface area contributed by atoms with Gasteiger partial charge in [0.15, 0.2) is 0 Å². The highest BCUT2D eigenvalue weighted by Crippen LogP contribution is 2.26. The van der Waals surface area contributed by atoms with Gasteiger partial charge < -0.3 is 14.7 Å². The molecule has 2 aliphatic rings. The number of nitrogens with zero attached hydrogens (tertiary/aromatic N) is 2. The van der Waals surface area contributed by atoms with Crippen LogP contribution >= 0.6 is 0 Å². The van der Waals surface area contributed by atoms with Gasteiger partial charge >= 0.3 is 0 Å². The zero-order chi connectivity index (χ0) is 17.1. The molecular formula is C19H26N2O3. The van der Waals surface area contributed by atoms with Crippen molar-refractivity contribution in [2.45, 2.75) is 32.4 Å². The van der Waals surface area contributed by atoms with Crippen molar-refractivity contribution in [2.75, 3.05) is 32.8 Å². The summed E-state index contributed by atoms with van der Waals surface area (Å²) in [6.45, 7) is 7.24. The highest BCUT2D eigenvalue weighted by Gasteiger charge is 2.30. The molecule has 1 N–H and O–H groups in total. The largest absolute Gasteiger partial charge is 0.493 e. The second-order valence-electron chi connectivity index (χ2n) is 6.71. The van der Waals surface area contributed by atoms with Gasteiger partial charge in [0, 0.05) is 44.2 Å². The van der Waals surface area contributed by atoms with Crippen molar-refractivity contribution < 1.29 is 14.6 Å². The number of ether oxygens (including phenoxy) is 1. The molecule has 1 fully saturated rings. The number of carbonyl (C=O) groups excluding carboxylic acids is 1. The summed E-state index contributed by atoms with van der Waals surface area (Å²) in [5.41, 5.74) is 2.25. The lowest BCUT2D eigenvalue weighted by Gasteiger charge is -2.43. The highest BCUT2D eigenvalue weighted by molar-refractivity contribution is 5.92. The third kappa shape index (κ3) is 3.62. The number of aliphatic hydroxyl groups excluding tert-OH is 1. The van der Waals surface area contributed by atoms with E-state index >= 15 is 0 Å². The first kappa shape index (κ1) is 17.0. The summed E-state index contributed by atoms with van der Waals surface area (Å²) < 4.78 is 5.51. The Kier molecular flexibility index (Phi) is 5.21. The lowest BCUT2D eigenvalue weighted by atomic mass is 10.1. The van der Waals surface area contributed by atoms with E-state index in [2.05, 4.69) is 24.8 Å². The molecule has 5 heteroatoms. The molecule has 0 spiro atoms. The van der Waals surface area contributed by atoms with Crippen molar-refractivity contribution >= 4 is 12.0 Å². The van der Waals surface area contributed by atoms with E-state index in [9.17, 15) is 4.79 Å². The van der Waals surface area contributed by atoms with E-state index in [1.165, 1.54) is 5.56 Å². The summed E-state index contributed by atoms with van der Waals surface area (Å²) in [7, 11) is 0. The van der Waals surface area contributed by atoms with Gasteiger partial charge in [0.1, 0.15) is 5.75 Å². The lowest BCUT2D eigenvalue weighted by molar-refractivity contribution is -0.131. The van der Waals surface area contributed by atoms with Gasteiger partial charge in [-0.3, -0.25) is 9.69 Å². The Bertz CT molecular complexity index is 629. The van der Waals surface area contributed by atoms with Crippen LogP contribution in [-0.2, 0) is 11.2 Å². The fourth-order valence-electron chi connectivity index (χ4n) is 3.52. The minimum absolute atomic E-state index is 0.0507. The van der Waals surface area contributed by atoms with Gasteiger partial charge in [-0.25, -0.2) is 0 Å². The predicted molar refractivity (Wildman–Crippen MR) is 94.0 cm³/mol. The first-order valence-corrected chi connectivity index (χ1v) is 8.68. The molecule has 0 aromatic heterocycles. The van der Waals surface area contributed by atoms with Gasteiger partial charge in [-0.2, -0.15) is 0 Å². The number of piperazine rings is 1. The number of β-amino-alcohol motifs (C(OH)–C–C–N with tert-alkyl or cyclic N) is 1. The third-order valence-corrected chi connectivity index (χ3v) is 4.92. The Morgan fingerprint density at radius 3 is 2.96 bits per heavy atom. The molecule has 0 aliphatic carbocycles. The van der Waals surface area contributed by atoms with Gasteiger partial charge in [-0.05, 0) is 43.2 Å². The van der Waals surface area contributed by atoms with Gasteiger partial charge in [-0.15, -0.1) is 0 Å². The molecule has 3 rings (SSSR count). The minimum atomic E-state index is 0.0507. The van der Waals surface area contributed by atoms with Crippen LogP contribution in [0.5, 0.6) is 5.75 Å². The molecule has 2 heterocycles. The Balaban J connectivity index is 1.64. The highest BCUT2D eigenvalue weighted by atomic mass is 16.5. The maximum Gasteiger partial charge on any atom is 0.246 e. The fraction of sp³-hybridized carbons (Fsp3) is 0.526. The van der Waals surface area contributed by atoms with Crippen molar-refractivity contribution in [1.29, 1.82) is 0 Å². The fourth-order valence-corrected chi connectivity index (χ4v) is 3.52. The van der Waals surface area contributed by atoms with Crippen molar-refractivity contribution in [1.82, 2.24) is 9.80 Å². The second-order valence-corrected chi connectivity index (χ2v) is 6.71. The molecule has 1 amide bonds. The number of carbonyl (C=O) groups is 1. The topological polar surface area (TPSA) is 53.0 Å². The third-order valence-electron chi connectivity index (χ3n) is 4.92. The number of amides is 1. The molecule has 1 aromatic rings. The molecule has 1 saturated heterocycles. The van der Waals surface area contributed by atoms with Gasteiger partial charge in [0.2, 0.25) is 5.91 Å². The van der Waals surface area contributed by atoms with Crippen LogP contribution in [0.25, 0.3) is 6.08 Å². The summed E-state index contributed by atoms with van der Waals surface area (Å²) in [6, 6.07) is 6.47. The Hall–Kier alpha value is -1.85. The van der Waals surface area contributed by atoms with Crippen LogP contribution in [0.15, 0.2) is 24.3 Å². The van der Waals surface area contributed by atoms with Crippen LogP contribution in [-0.4, -0.2) is 65.7 Å². The molecule has 24 heavy (non-hydrogen) atoms. The van der Waals surface area contributed by atoms with Crippen LogP contribution < -0.4 is 4.74 Å². The zero-order valence-corrected chi connectivity index (χ0v) is 14.4. The zero-order valence-electron chi connectivity index (χ0n) is 14.4. The average molecular weight is 330 g/mol. The maximum atomic E-state index is 12.6. The normalized spacial score (nSPS) is 24.2. The molecular weight excluding hydrogens is 304 g/mol. The number of aliphatic hydroxyl groups is 1. The van der Waals surface area contributed by atoms with Crippen LogP contribution in [0.4, 0.5) is 0 Å². The first-order chi connectivity index (χ1) is 11.6. The van der Waals surface area contributed by atoms with Crippen molar-refractivity contribution in [3.05, 3.63) is 35.4 Å². The van der Waals surface area contributed by atoms with Crippen LogP contribution in [0.2, 0.25) is 0 Å². The quantitative estimate of drug-likeness (QED) is 0.851. The summed E-state index contributed by atoms with van der Waals surface area (Å²) in [5.74, 6) is 1.01. The molecule has 1 aromatic carbocycles. The van der Waals surface area contributed by atoms with Crippen LogP contribution in [0, 0.1) is 0 Å². The molecule has 2 aliphatic heterocycles. The van der Waals surface area contributed by atoms with E-state index in [0.29, 0.717) is 13.1 Å². The second kappa shape index (κ2) is 7.36. The number of benzene rings is 1. The standard InChI is InChI=1S/C19H26N2O3/c1-14-13-21(15(2)12-20(14)8-9-22)19(23)6-4-16-3-5-18-17(11-16)7-10-24-18/h3-6,11,14-15,22H,7-10,12-13H2,1-2H3. The molecule has 0 radical (unpaired) electrons. The molecule has 2 atom stereocenters. The number of hydrogen-bond acceptors (Lipinski definition) is 4. The van der Waals surface area contributed by atoms with E-state index in [-0.39, 0.29) is 24.6 Å². The monoisotopic (exact) mass is 330 g/mol. The average Bonchev–Trinajstić information content (AvgIpc) is 3.03. The van der Waals surface area contributed by atoms with Crippen molar-refractivity contribution in [3.8, 4) is 5.75 Å². The predicted octanol–water partition coefficient (Wildman–Crippen LogP) is 1.55. The Morgan fingerprint density at radius 2 is 2.17 bits per heavy atom. The van der Waals surface area contributed by atoms with E-state index in [4.69, 9.17) is 9.84 Å². The smallest absolute Gasteiger partial charge is 0.246 e. The minimum Gasteiger partial charge on any atom is -0.493 e. The molecule has 2 unspecified atom stereocenters. The molecule has 0 bridgehead atoms. The van der Waals surface area contributed by atoms with Crippen molar-refractivity contribution in [2.24, 2.45) is 0 Å². The van der Waals surface area contributed by atoms with E-state index < -0.39 is 0 Å². The summed E-state index contributed by atoms with van der Waals surface area (Å²) >= 11 is 0. The summed E-state index contributed by atoms with van der Waals surface area (Å²) in [6.07, 6.45) is 4.49. The number of hydrogen-bond donors (Lipinski definition) is 1. The van der Waals surface area contributed by atoms with Crippen LogP contribution in [0.1, 0.15) is 25.0 Å². The van der Waals surface area contributed by atoms with Crippen LogP contribution in [0.3, 0.4) is 0 Å². The van der Waals surface area contributed by atoms with E-state index in [1.54, 1.807) is 6.08 Å². The summed E-state index contributed by atoms with van der Waals surface area (Å²) in [4.78, 5) is 16.7. The lowest BCUT2D eigenvalue weighted by Crippen LogP contribution is -2.58. The van der Waals surface area contributed by atoms with Gasteiger partial charge in [-0.1, -0.05) is 6.07 Å². The molecule has 0 saturated carbocycles. The van der Waals surface area contributed by atoms with E-state index in [0.717, 1.165) is 30.9 Å². The van der Waals surface area contributed by atoms with Crippen molar-refractivity contribution in [3.63, 3.8) is 0 Å². The SMILES string of the molecule is CC1CN(C(=O)C=Cc2ccc3c(c2)CCO3)C(C)CN1CCO. The summed E-state index contributed by atoms with van der Waals surface area (Å²) in [5, 5.41) is 9.13. The molecule has 5 nitrogen and oxygen atoms in total. The maximum absolute atomic E-state index is 12.6. The Labute approximate surface area is 143 Å². The number of rotatable bonds is 4. The first-order valence-electron chi connectivity index (χ1n) is 8.68. The Morgan fingerprint density at radius 1 is 1.33 bits per heavy atom. The van der Waals surface area contributed by atoms with Gasteiger partial charge in [0.25, 0.3) is 0 Å².